The molecular weight excluding hydrogens is 370 g/mol. The number of fused-ring (bicyclic) bond motifs is 1. The molecule has 4 rings (SSSR count). The van der Waals surface area contributed by atoms with E-state index < -0.39 is 23.8 Å². The molecule has 0 saturated carbocycles. The van der Waals surface area contributed by atoms with Crippen molar-refractivity contribution >= 4 is 23.4 Å². The zero-order chi connectivity index (χ0) is 19.0. The minimum absolute atomic E-state index is 0.0523. The van der Waals surface area contributed by atoms with Gasteiger partial charge in [-0.25, -0.2) is 8.78 Å². The van der Waals surface area contributed by atoms with Crippen molar-refractivity contribution in [2.24, 2.45) is 0 Å². The molecule has 0 aromatic heterocycles. The molecule has 2 aliphatic heterocycles. The fraction of sp³-hybridized carbons (Fsp3) is 0.350. The third-order valence-electron chi connectivity index (χ3n) is 5.07. The van der Waals surface area contributed by atoms with Gasteiger partial charge in [0.25, 0.3) is 0 Å². The third kappa shape index (κ3) is 3.72. The average molecular weight is 390 g/mol. The highest BCUT2D eigenvalue weighted by Crippen LogP contribution is 2.36. The topological polar surface area (TPSA) is 43.8 Å². The molecule has 4 nitrogen and oxygen atoms in total. The Morgan fingerprint density at radius 3 is 2.89 bits per heavy atom. The number of benzene rings is 2. The molecule has 1 fully saturated rings. The zero-order valence-corrected chi connectivity index (χ0v) is 15.5. The molecule has 0 bridgehead atoms. The number of para-hydroxylation sites is 1. The fourth-order valence-corrected chi connectivity index (χ4v) is 4.83. The molecule has 0 aliphatic carbocycles. The highest BCUT2D eigenvalue weighted by molar-refractivity contribution is 7.99. The van der Waals surface area contributed by atoms with Crippen LogP contribution in [0.15, 0.2) is 47.4 Å². The van der Waals surface area contributed by atoms with E-state index in [0.29, 0.717) is 6.54 Å². The molecule has 1 N–H and O–H groups in total. The van der Waals surface area contributed by atoms with Gasteiger partial charge in [0.15, 0.2) is 0 Å². The molecular formula is C20H20F2N2O2S. The van der Waals surface area contributed by atoms with E-state index in [4.69, 9.17) is 0 Å². The summed E-state index contributed by atoms with van der Waals surface area (Å²) < 4.78 is 27.9. The highest BCUT2D eigenvalue weighted by atomic mass is 32.2. The third-order valence-corrected chi connectivity index (χ3v) is 6.11. The predicted octanol–water partition coefficient (Wildman–Crippen LogP) is 3.21. The van der Waals surface area contributed by atoms with Crippen LogP contribution in [0, 0.1) is 11.6 Å². The zero-order valence-electron chi connectivity index (χ0n) is 14.6. The van der Waals surface area contributed by atoms with Gasteiger partial charge in [-0.1, -0.05) is 12.1 Å². The predicted molar refractivity (Wildman–Crippen MR) is 101 cm³/mol. The lowest BCUT2D eigenvalue weighted by Crippen LogP contribution is -2.43. The van der Waals surface area contributed by atoms with Gasteiger partial charge in [-0.3, -0.25) is 9.69 Å². The number of aliphatic hydroxyl groups excluding tert-OH is 1. The van der Waals surface area contributed by atoms with Crippen LogP contribution in [0.25, 0.3) is 0 Å². The summed E-state index contributed by atoms with van der Waals surface area (Å²) in [7, 11) is 0. The van der Waals surface area contributed by atoms with E-state index in [9.17, 15) is 18.7 Å². The monoisotopic (exact) mass is 390 g/mol. The van der Waals surface area contributed by atoms with Crippen molar-refractivity contribution in [1.29, 1.82) is 0 Å². The summed E-state index contributed by atoms with van der Waals surface area (Å²) in [4.78, 5) is 17.5. The Labute approximate surface area is 160 Å². The Balaban J connectivity index is 1.56. The molecule has 2 aliphatic rings. The number of hydrogen-bond acceptors (Lipinski definition) is 4. The summed E-state index contributed by atoms with van der Waals surface area (Å²) >= 11 is 1.72. The van der Waals surface area contributed by atoms with Gasteiger partial charge in [-0.2, -0.15) is 0 Å². The minimum Gasteiger partial charge on any atom is -0.392 e. The van der Waals surface area contributed by atoms with E-state index >= 15 is 0 Å². The summed E-state index contributed by atoms with van der Waals surface area (Å²) in [5.74, 6) is -0.333. The molecule has 0 radical (unpaired) electrons. The van der Waals surface area contributed by atoms with Gasteiger partial charge in [0.2, 0.25) is 5.91 Å². The lowest BCUT2D eigenvalue weighted by atomic mass is 10.0. The van der Waals surface area contributed by atoms with Crippen LogP contribution in [0.2, 0.25) is 0 Å². The van der Waals surface area contributed by atoms with Crippen molar-refractivity contribution in [1.82, 2.24) is 4.90 Å². The van der Waals surface area contributed by atoms with Crippen molar-refractivity contribution in [3.05, 3.63) is 59.7 Å². The number of thioether (sulfide) groups is 1. The van der Waals surface area contributed by atoms with Crippen LogP contribution in [-0.2, 0) is 4.79 Å². The van der Waals surface area contributed by atoms with Gasteiger partial charge in [0.1, 0.15) is 11.6 Å². The van der Waals surface area contributed by atoms with Gasteiger partial charge >= 0.3 is 0 Å². The molecule has 2 atom stereocenters. The van der Waals surface area contributed by atoms with Crippen molar-refractivity contribution in [2.75, 3.05) is 30.3 Å². The number of halogens is 2. The maximum atomic E-state index is 14.2. The van der Waals surface area contributed by atoms with Crippen LogP contribution in [0.4, 0.5) is 14.5 Å². The smallest absolute Gasteiger partial charge is 0.241 e. The van der Waals surface area contributed by atoms with Crippen LogP contribution >= 0.6 is 11.8 Å². The first-order valence-corrected chi connectivity index (χ1v) is 9.91. The first-order chi connectivity index (χ1) is 13.0. The molecule has 142 valence electrons. The molecule has 2 aromatic carbocycles. The van der Waals surface area contributed by atoms with Crippen molar-refractivity contribution in [3.8, 4) is 0 Å². The van der Waals surface area contributed by atoms with Crippen LogP contribution in [0.5, 0.6) is 0 Å². The van der Waals surface area contributed by atoms with Gasteiger partial charge in [-0.15, -0.1) is 11.8 Å². The van der Waals surface area contributed by atoms with E-state index in [-0.39, 0.29) is 31.0 Å². The Morgan fingerprint density at radius 1 is 1.22 bits per heavy atom. The second-order valence-corrected chi connectivity index (χ2v) is 8.00. The van der Waals surface area contributed by atoms with Gasteiger partial charge in [0, 0.05) is 35.3 Å². The van der Waals surface area contributed by atoms with Crippen LogP contribution in [-0.4, -0.2) is 47.4 Å². The number of β-amino-alcohol motifs (C(OH)–C–C–N with tert-alkyl or cyclic N) is 1. The van der Waals surface area contributed by atoms with Crippen molar-refractivity contribution in [3.63, 3.8) is 0 Å². The average Bonchev–Trinajstić information content (AvgIpc) is 3.03. The van der Waals surface area contributed by atoms with Crippen molar-refractivity contribution in [2.45, 2.75) is 23.5 Å². The SMILES string of the molecule is O=C(CN1C[C@H](O)C[C@@H]1c1cc(F)ccc1F)N1CCSc2ccccc21. The standard InChI is InChI=1S/C20H20F2N2O2S/c21-13-5-6-16(22)15(9-13)18-10-14(25)11-23(18)12-20(26)24-7-8-27-19-4-2-1-3-17(19)24/h1-6,9,14,18,25H,7-8,10-12H2/t14-,18-/m1/s1. The number of rotatable bonds is 3. The number of anilines is 1. The highest BCUT2D eigenvalue weighted by Gasteiger charge is 2.36. The first kappa shape index (κ1) is 18.4. The number of hydrogen-bond donors (Lipinski definition) is 1. The number of aliphatic hydroxyl groups is 1. The lowest BCUT2D eigenvalue weighted by molar-refractivity contribution is -0.120. The number of nitrogens with zero attached hydrogens (tertiary/aromatic N) is 2. The lowest BCUT2D eigenvalue weighted by Gasteiger charge is -2.32. The summed E-state index contributed by atoms with van der Waals surface area (Å²) in [5.41, 5.74) is 1.07. The van der Waals surface area contributed by atoms with E-state index in [1.54, 1.807) is 21.6 Å². The van der Waals surface area contributed by atoms with Gasteiger partial charge < -0.3 is 10.0 Å². The molecule has 1 amide bonds. The largest absolute Gasteiger partial charge is 0.392 e. The summed E-state index contributed by atoms with van der Waals surface area (Å²) in [5, 5.41) is 10.1. The van der Waals surface area contributed by atoms with Crippen LogP contribution < -0.4 is 4.90 Å². The molecule has 0 unspecified atom stereocenters. The number of carbonyl (C=O) groups is 1. The Hall–Kier alpha value is -1.96. The van der Waals surface area contributed by atoms with E-state index in [0.717, 1.165) is 34.5 Å². The summed E-state index contributed by atoms with van der Waals surface area (Å²) in [6.07, 6.45) is -0.394. The maximum absolute atomic E-state index is 14.2. The molecule has 7 heteroatoms. The first-order valence-electron chi connectivity index (χ1n) is 8.92. The normalized spacial score (nSPS) is 22.7. The Kier molecular flexibility index (Phi) is 5.16. The quantitative estimate of drug-likeness (QED) is 0.874. The van der Waals surface area contributed by atoms with Gasteiger partial charge in [0.05, 0.1) is 18.3 Å². The molecule has 27 heavy (non-hydrogen) atoms. The van der Waals surface area contributed by atoms with Gasteiger partial charge in [-0.05, 0) is 36.8 Å². The second-order valence-electron chi connectivity index (χ2n) is 6.86. The maximum Gasteiger partial charge on any atom is 0.241 e. The van der Waals surface area contributed by atoms with Crippen LogP contribution in [0.3, 0.4) is 0 Å². The summed E-state index contributed by atoms with van der Waals surface area (Å²) in [6, 6.07) is 10.5. The second kappa shape index (κ2) is 7.58. The molecule has 0 spiro atoms. The van der Waals surface area contributed by atoms with E-state index in [1.807, 2.05) is 24.3 Å². The number of carbonyl (C=O) groups excluding carboxylic acids is 1. The number of likely N-dealkylation sites (tertiary alicyclic amines) is 1. The minimum atomic E-state index is -0.672. The van der Waals surface area contributed by atoms with Crippen molar-refractivity contribution < 1.29 is 18.7 Å². The fourth-order valence-electron chi connectivity index (χ4n) is 3.84. The van der Waals surface area contributed by atoms with Crippen LogP contribution in [0.1, 0.15) is 18.0 Å². The molecule has 2 aromatic rings. The van der Waals surface area contributed by atoms with E-state index in [1.165, 1.54) is 0 Å². The summed E-state index contributed by atoms with van der Waals surface area (Å²) in [6.45, 7) is 0.920. The van der Waals surface area contributed by atoms with E-state index in [2.05, 4.69) is 0 Å². The Morgan fingerprint density at radius 2 is 2.04 bits per heavy atom. The number of amides is 1. The Bertz CT molecular complexity index is 864. The molecule has 1 saturated heterocycles. The molecule has 2 heterocycles.